The summed E-state index contributed by atoms with van der Waals surface area (Å²) in [6.07, 6.45) is 0. The number of aromatic carboxylic acids is 1. The third kappa shape index (κ3) is 2.38. The van der Waals surface area contributed by atoms with Crippen LogP contribution in [0.3, 0.4) is 0 Å². The zero-order chi connectivity index (χ0) is 15.0. The molecule has 0 unspecified atom stereocenters. The van der Waals surface area contributed by atoms with Crippen LogP contribution in [0.15, 0.2) is 18.2 Å². The minimum absolute atomic E-state index is 0.0675. The molecule has 2 rings (SSSR count). The molecule has 1 N–H and O–H groups in total. The van der Waals surface area contributed by atoms with E-state index in [1.165, 1.54) is 10.7 Å². The number of carbonyl (C=O) groups is 1. The molecule has 1 aromatic heterocycles. The van der Waals surface area contributed by atoms with Crippen molar-refractivity contribution in [3.63, 3.8) is 0 Å². The number of aromatic nitrogens is 2. The Morgan fingerprint density at radius 1 is 1.45 bits per heavy atom. The van der Waals surface area contributed by atoms with Gasteiger partial charge in [0.2, 0.25) is 0 Å². The third-order valence-electron chi connectivity index (χ3n) is 2.87. The molecular weight excluding hydrogens is 377 g/mol. The second-order valence-electron chi connectivity index (χ2n) is 4.15. The molecule has 20 heavy (non-hydrogen) atoms. The van der Waals surface area contributed by atoms with Crippen molar-refractivity contribution in [2.75, 3.05) is 0 Å². The average molecular weight is 387 g/mol. The normalized spacial score (nSPS) is 10.6. The molecule has 0 aliphatic heterocycles. The molecule has 0 saturated heterocycles. The number of hydrogen-bond acceptors (Lipinski definition) is 4. The van der Waals surface area contributed by atoms with Gasteiger partial charge >= 0.3 is 5.97 Å². The number of hydrogen-bond donors (Lipinski definition) is 1. The zero-order valence-corrected chi connectivity index (χ0v) is 12.8. The van der Waals surface area contributed by atoms with Crippen LogP contribution in [0.25, 0.3) is 5.69 Å². The highest BCUT2D eigenvalue weighted by atomic mass is 127. The fourth-order valence-corrected chi connectivity index (χ4v) is 2.48. The van der Waals surface area contributed by atoms with Gasteiger partial charge in [-0.3, -0.25) is 10.1 Å². The van der Waals surface area contributed by atoms with E-state index in [4.69, 9.17) is 5.11 Å². The Morgan fingerprint density at radius 3 is 2.60 bits per heavy atom. The SMILES string of the molecule is Cc1nn(-c2ccc(I)cc2[N+](=O)[O-])c(C)c1C(=O)O. The molecule has 0 aliphatic carbocycles. The van der Waals surface area contributed by atoms with Crippen molar-refractivity contribution in [2.24, 2.45) is 0 Å². The fraction of sp³-hybridized carbons (Fsp3) is 0.167. The zero-order valence-electron chi connectivity index (χ0n) is 10.6. The molecule has 0 aliphatic rings. The second kappa shape index (κ2) is 5.19. The van der Waals surface area contributed by atoms with Crippen LogP contribution in [-0.4, -0.2) is 25.8 Å². The summed E-state index contributed by atoms with van der Waals surface area (Å²) in [5.41, 5.74) is 0.892. The maximum atomic E-state index is 11.2. The number of halogens is 1. The van der Waals surface area contributed by atoms with Gasteiger partial charge in [0.05, 0.1) is 16.3 Å². The van der Waals surface area contributed by atoms with Crippen LogP contribution < -0.4 is 0 Å². The van der Waals surface area contributed by atoms with Gasteiger partial charge in [-0.25, -0.2) is 9.48 Å². The largest absolute Gasteiger partial charge is 0.478 e. The van der Waals surface area contributed by atoms with Crippen LogP contribution in [-0.2, 0) is 0 Å². The summed E-state index contributed by atoms with van der Waals surface area (Å²) in [5.74, 6) is -1.10. The maximum absolute atomic E-state index is 11.2. The number of rotatable bonds is 3. The summed E-state index contributed by atoms with van der Waals surface area (Å²) in [6, 6.07) is 4.69. The number of carboxylic acids is 1. The van der Waals surface area contributed by atoms with Gasteiger partial charge in [-0.05, 0) is 48.6 Å². The molecule has 1 heterocycles. The summed E-state index contributed by atoms with van der Waals surface area (Å²) in [5, 5.41) is 24.4. The lowest BCUT2D eigenvalue weighted by Gasteiger charge is -2.06. The van der Waals surface area contributed by atoms with Crippen molar-refractivity contribution in [1.82, 2.24) is 9.78 Å². The van der Waals surface area contributed by atoms with Gasteiger partial charge in [0.15, 0.2) is 0 Å². The van der Waals surface area contributed by atoms with Gasteiger partial charge in [0, 0.05) is 9.64 Å². The Morgan fingerprint density at radius 2 is 2.10 bits per heavy atom. The monoisotopic (exact) mass is 387 g/mol. The smallest absolute Gasteiger partial charge is 0.339 e. The van der Waals surface area contributed by atoms with E-state index < -0.39 is 10.9 Å². The van der Waals surface area contributed by atoms with Gasteiger partial charge in [0.1, 0.15) is 11.3 Å². The average Bonchev–Trinajstić information content (AvgIpc) is 2.64. The molecule has 0 radical (unpaired) electrons. The third-order valence-corrected chi connectivity index (χ3v) is 3.54. The number of nitro groups is 1. The van der Waals surface area contributed by atoms with Crippen LogP contribution >= 0.6 is 22.6 Å². The molecular formula is C12H10IN3O4. The van der Waals surface area contributed by atoms with Crippen molar-refractivity contribution < 1.29 is 14.8 Å². The molecule has 7 nitrogen and oxygen atoms in total. The van der Waals surface area contributed by atoms with E-state index in [0.717, 1.165) is 3.57 Å². The van der Waals surface area contributed by atoms with Crippen molar-refractivity contribution >= 4 is 34.2 Å². The first-order valence-corrected chi connectivity index (χ1v) is 6.64. The van der Waals surface area contributed by atoms with Gasteiger partial charge in [0.25, 0.3) is 5.69 Å². The predicted octanol–water partition coefficient (Wildman–Crippen LogP) is 2.70. The van der Waals surface area contributed by atoms with Crippen molar-refractivity contribution in [3.8, 4) is 5.69 Å². The van der Waals surface area contributed by atoms with Crippen molar-refractivity contribution in [2.45, 2.75) is 13.8 Å². The standard InChI is InChI=1S/C12H10IN3O4/c1-6-11(12(17)18)7(2)15(14-6)9-4-3-8(13)5-10(9)16(19)20/h3-5H,1-2H3,(H,17,18). The summed E-state index contributed by atoms with van der Waals surface area (Å²) < 4.78 is 2.02. The molecule has 2 aromatic rings. The molecule has 0 amide bonds. The second-order valence-corrected chi connectivity index (χ2v) is 5.40. The van der Waals surface area contributed by atoms with Gasteiger partial charge in [-0.2, -0.15) is 5.10 Å². The minimum atomic E-state index is -1.10. The Kier molecular flexibility index (Phi) is 3.75. The Hall–Kier alpha value is -1.97. The minimum Gasteiger partial charge on any atom is -0.478 e. The van der Waals surface area contributed by atoms with Crippen molar-refractivity contribution in [1.29, 1.82) is 0 Å². The molecule has 1 aromatic carbocycles. The maximum Gasteiger partial charge on any atom is 0.339 e. The topological polar surface area (TPSA) is 98.3 Å². The van der Waals surface area contributed by atoms with Gasteiger partial charge < -0.3 is 5.11 Å². The lowest BCUT2D eigenvalue weighted by Crippen LogP contribution is -2.05. The summed E-state index contributed by atoms with van der Waals surface area (Å²) in [4.78, 5) is 21.8. The van der Waals surface area contributed by atoms with Crippen LogP contribution in [0.2, 0.25) is 0 Å². The first kappa shape index (κ1) is 14.4. The van der Waals surface area contributed by atoms with E-state index in [1.807, 2.05) is 22.6 Å². The van der Waals surface area contributed by atoms with Crippen molar-refractivity contribution in [3.05, 3.63) is 48.8 Å². The Balaban J connectivity index is 2.73. The van der Waals surface area contributed by atoms with Crippen LogP contribution in [0.5, 0.6) is 0 Å². The highest BCUT2D eigenvalue weighted by Crippen LogP contribution is 2.27. The van der Waals surface area contributed by atoms with E-state index in [1.54, 1.807) is 26.0 Å². The van der Waals surface area contributed by atoms with E-state index in [2.05, 4.69) is 5.10 Å². The molecule has 0 atom stereocenters. The van der Waals surface area contributed by atoms with Crippen LogP contribution in [0.1, 0.15) is 21.7 Å². The van der Waals surface area contributed by atoms with Crippen LogP contribution in [0, 0.1) is 27.5 Å². The Labute approximate surface area is 127 Å². The summed E-state index contributed by atoms with van der Waals surface area (Å²) in [6.45, 7) is 3.14. The molecule has 0 bridgehead atoms. The van der Waals surface area contributed by atoms with E-state index >= 15 is 0 Å². The Bertz CT molecular complexity index is 724. The molecule has 0 fully saturated rings. The number of carboxylic acid groups (broad SMARTS) is 1. The predicted molar refractivity (Wildman–Crippen MR) is 79.4 cm³/mol. The molecule has 104 valence electrons. The number of aryl methyl sites for hydroxylation is 1. The lowest BCUT2D eigenvalue weighted by molar-refractivity contribution is -0.384. The highest BCUT2D eigenvalue weighted by molar-refractivity contribution is 14.1. The first-order valence-electron chi connectivity index (χ1n) is 5.56. The quantitative estimate of drug-likeness (QED) is 0.496. The molecule has 0 saturated carbocycles. The lowest BCUT2D eigenvalue weighted by atomic mass is 10.2. The number of nitro benzene ring substituents is 1. The van der Waals surface area contributed by atoms with Crippen LogP contribution in [0.4, 0.5) is 5.69 Å². The number of nitrogens with zero attached hydrogens (tertiary/aromatic N) is 3. The van der Waals surface area contributed by atoms with Gasteiger partial charge in [-0.1, -0.05) is 0 Å². The summed E-state index contributed by atoms with van der Waals surface area (Å²) >= 11 is 1.98. The number of benzene rings is 1. The van der Waals surface area contributed by atoms with E-state index in [9.17, 15) is 14.9 Å². The van der Waals surface area contributed by atoms with Gasteiger partial charge in [-0.15, -0.1) is 0 Å². The van der Waals surface area contributed by atoms with E-state index in [0.29, 0.717) is 11.4 Å². The first-order chi connectivity index (χ1) is 9.32. The molecule has 8 heteroatoms. The molecule has 0 spiro atoms. The van der Waals surface area contributed by atoms with E-state index in [-0.39, 0.29) is 16.9 Å². The summed E-state index contributed by atoms with van der Waals surface area (Å²) in [7, 11) is 0. The fourth-order valence-electron chi connectivity index (χ4n) is 2.01. The highest BCUT2D eigenvalue weighted by Gasteiger charge is 2.23.